The van der Waals surface area contributed by atoms with Crippen molar-refractivity contribution in [3.05, 3.63) is 29.8 Å². The van der Waals surface area contributed by atoms with Crippen molar-refractivity contribution in [2.45, 2.75) is 64.0 Å². The van der Waals surface area contributed by atoms with E-state index in [-0.39, 0.29) is 0 Å². The van der Waals surface area contributed by atoms with E-state index < -0.39 is 0 Å². The van der Waals surface area contributed by atoms with Crippen LogP contribution in [0.2, 0.25) is 0 Å². The Morgan fingerprint density at radius 2 is 1.90 bits per heavy atom. The van der Waals surface area contributed by atoms with Gasteiger partial charge in [0.25, 0.3) is 0 Å². The van der Waals surface area contributed by atoms with Crippen molar-refractivity contribution in [2.75, 3.05) is 7.05 Å². The summed E-state index contributed by atoms with van der Waals surface area (Å²) in [5.41, 5.74) is 1.40. The van der Waals surface area contributed by atoms with Crippen LogP contribution in [-0.2, 0) is 0 Å². The Morgan fingerprint density at radius 1 is 1.14 bits per heavy atom. The van der Waals surface area contributed by atoms with Gasteiger partial charge < -0.3 is 10.1 Å². The number of rotatable bonds is 6. The molecule has 2 aliphatic rings. The van der Waals surface area contributed by atoms with Crippen molar-refractivity contribution >= 4 is 0 Å². The average molecular weight is 287 g/mol. The second kappa shape index (κ2) is 6.83. The summed E-state index contributed by atoms with van der Waals surface area (Å²) in [5.74, 6) is 2.79. The quantitative estimate of drug-likeness (QED) is 0.818. The van der Waals surface area contributed by atoms with Crippen LogP contribution in [0.25, 0.3) is 0 Å². The minimum Gasteiger partial charge on any atom is -0.490 e. The third kappa shape index (κ3) is 3.79. The molecule has 0 aromatic heterocycles. The summed E-state index contributed by atoms with van der Waals surface area (Å²) in [6, 6.07) is 9.24. The highest BCUT2D eigenvalue weighted by molar-refractivity contribution is 5.31. The van der Waals surface area contributed by atoms with E-state index in [0.717, 1.165) is 17.6 Å². The van der Waals surface area contributed by atoms with Gasteiger partial charge >= 0.3 is 0 Å². The second-order valence-electron chi connectivity index (χ2n) is 6.85. The molecule has 0 radical (unpaired) electrons. The molecule has 3 rings (SSSR count). The van der Waals surface area contributed by atoms with Crippen molar-refractivity contribution in [3.63, 3.8) is 0 Å². The molecule has 2 nitrogen and oxygen atoms in total. The zero-order chi connectivity index (χ0) is 14.7. The molecule has 2 saturated carbocycles. The van der Waals surface area contributed by atoms with Crippen LogP contribution in [0, 0.1) is 11.8 Å². The molecule has 1 N–H and O–H groups in total. The van der Waals surface area contributed by atoms with Crippen LogP contribution < -0.4 is 10.1 Å². The Kier molecular flexibility index (Phi) is 4.84. The van der Waals surface area contributed by atoms with E-state index in [2.05, 4.69) is 43.6 Å². The molecule has 0 aliphatic heterocycles. The molecule has 2 heteroatoms. The molecule has 0 bridgehead atoms. The lowest BCUT2D eigenvalue weighted by molar-refractivity contribution is 0.223. The van der Waals surface area contributed by atoms with Gasteiger partial charge in [-0.25, -0.2) is 0 Å². The minimum atomic E-state index is 0.477. The molecule has 0 saturated heterocycles. The summed E-state index contributed by atoms with van der Waals surface area (Å²) in [5, 5.41) is 3.56. The van der Waals surface area contributed by atoms with E-state index in [1.54, 1.807) is 0 Å². The van der Waals surface area contributed by atoms with Gasteiger partial charge in [-0.3, -0.25) is 0 Å². The summed E-state index contributed by atoms with van der Waals surface area (Å²) in [4.78, 5) is 0. The largest absolute Gasteiger partial charge is 0.490 e. The lowest BCUT2D eigenvalue weighted by Gasteiger charge is -2.34. The molecule has 21 heavy (non-hydrogen) atoms. The van der Waals surface area contributed by atoms with E-state index in [1.807, 2.05) is 0 Å². The van der Waals surface area contributed by atoms with Gasteiger partial charge in [-0.2, -0.15) is 0 Å². The fourth-order valence-corrected chi connectivity index (χ4v) is 3.76. The monoisotopic (exact) mass is 287 g/mol. The lowest BCUT2D eigenvalue weighted by Crippen LogP contribution is -2.28. The number of hydrogen-bond acceptors (Lipinski definition) is 2. The van der Waals surface area contributed by atoms with Crippen molar-refractivity contribution in [1.82, 2.24) is 5.32 Å². The summed E-state index contributed by atoms with van der Waals surface area (Å²) in [7, 11) is 2.10. The molecule has 1 aromatic rings. The predicted molar refractivity (Wildman–Crippen MR) is 87.6 cm³/mol. The van der Waals surface area contributed by atoms with Crippen molar-refractivity contribution < 1.29 is 4.74 Å². The van der Waals surface area contributed by atoms with Crippen LogP contribution in [0.5, 0.6) is 5.75 Å². The number of benzene rings is 1. The molecule has 2 fully saturated rings. The van der Waals surface area contributed by atoms with E-state index >= 15 is 0 Å². The number of hydrogen-bond donors (Lipinski definition) is 1. The molecular weight excluding hydrogens is 258 g/mol. The van der Waals surface area contributed by atoms with Gasteiger partial charge in [-0.15, -0.1) is 0 Å². The number of nitrogens with one attached hydrogen (secondary N) is 1. The van der Waals surface area contributed by atoms with Gasteiger partial charge in [0.1, 0.15) is 5.75 Å². The Morgan fingerprint density at radius 3 is 2.52 bits per heavy atom. The van der Waals surface area contributed by atoms with Gasteiger partial charge in [0, 0.05) is 6.04 Å². The lowest BCUT2D eigenvalue weighted by atomic mass is 9.76. The van der Waals surface area contributed by atoms with Crippen LogP contribution in [0.3, 0.4) is 0 Å². The maximum atomic E-state index is 5.95. The molecule has 1 aromatic carbocycles. The Balaban J connectivity index is 1.67. The zero-order valence-corrected chi connectivity index (χ0v) is 13.5. The fourth-order valence-electron chi connectivity index (χ4n) is 3.76. The van der Waals surface area contributed by atoms with Gasteiger partial charge in [-0.1, -0.05) is 38.3 Å². The SMILES string of the molecule is CCC1CCC(C(NC)c2cccc(OC3CC3)c2)CC1. The highest BCUT2D eigenvalue weighted by Crippen LogP contribution is 2.38. The maximum absolute atomic E-state index is 5.95. The zero-order valence-electron chi connectivity index (χ0n) is 13.5. The second-order valence-corrected chi connectivity index (χ2v) is 6.85. The van der Waals surface area contributed by atoms with E-state index in [1.165, 1.54) is 50.5 Å². The van der Waals surface area contributed by atoms with E-state index in [4.69, 9.17) is 4.74 Å². The first kappa shape index (κ1) is 14.9. The van der Waals surface area contributed by atoms with Gasteiger partial charge in [0.2, 0.25) is 0 Å². The molecule has 2 aliphatic carbocycles. The molecule has 0 spiro atoms. The Bertz CT molecular complexity index is 447. The predicted octanol–water partition coefficient (Wildman–Crippen LogP) is 4.70. The topological polar surface area (TPSA) is 21.3 Å². The third-order valence-corrected chi connectivity index (χ3v) is 5.30. The summed E-state index contributed by atoms with van der Waals surface area (Å²) in [6.07, 6.45) is 9.79. The molecule has 1 atom stereocenters. The van der Waals surface area contributed by atoms with Crippen LogP contribution in [0.4, 0.5) is 0 Å². The first-order chi connectivity index (χ1) is 10.3. The Hall–Kier alpha value is -1.02. The number of ether oxygens (including phenoxy) is 1. The van der Waals surface area contributed by atoms with E-state index in [9.17, 15) is 0 Å². The standard InChI is InChI=1S/C19H29NO/c1-3-14-7-9-15(10-8-14)19(20-2)16-5-4-6-18(13-16)21-17-11-12-17/h4-6,13-15,17,19-20H,3,7-12H2,1-2H3. The van der Waals surface area contributed by atoms with Crippen LogP contribution in [0.1, 0.15) is 63.5 Å². The van der Waals surface area contributed by atoms with Crippen LogP contribution in [0.15, 0.2) is 24.3 Å². The summed E-state index contributed by atoms with van der Waals surface area (Å²) < 4.78 is 5.95. The molecule has 0 amide bonds. The fraction of sp³-hybridized carbons (Fsp3) is 0.684. The van der Waals surface area contributed by atoms with Crippen molar-refractivity contribution in [1.29, 1.82) is 0 Å². The van der Waals surface area contributed by atoms with Crippen molar-refractivity contribution in [3.8, 4) is 5.75 Å². The van der Waals surface area contributed by atoms with Crippen molar-refractivity contribution in [2.24, 2.45) is 11.8 Å². The molecule has 0 heterocycles. The highest BCUT2D eigenvalue weighted by Gasteiger charge is 2.28. The minimum absolute atomic E-state index is 0.477. The van der Waals surface area contributed by atoms with Crippen LogP contribution in [-0.4, -0.2) is 13.2 Å². The van der Waals surface area contributed by atoms with E-state index in [0.29, 0.717) is 12.1 Å². The summed E-state index contributed by atoms with van der Waals surface area (Å²) >= 11 is 0. The maximum Gasteiger partial charge on any atom is 0.120 e. The van der Waals surface area contributed by atoms with Crippen LogP contribution >= 0.6 is 0 Å². The first-order valence-corrected chi connectivity index (χ1v) is 8.74. The normalized spacial score (nSPS) is 27.3. The molecule has 116 valence electrons. The molecular formula is C19H29NO. The molecule has 1 unspecified atom stereocenters. The van der Waals surface area contributed by atoms with Gasteiger partial charge in [-0.05, 0) is 62.3 Å². The highest BCUT2D eigenvalue weighted by atomic mass is 16.5. The van der Waals surface area contributed by atoms with Gasteiger partial charge in [0.15, 0.2) is 0 Å². The summed E-state index contributed by atoms with van der Waals surface area (Å²) in [6.45, 7) is 2.33. The first-order valence-electron chi connectivity index (χ1n) is 8.74. The average Bonchev–Trinajstić information content (AvgIpc) is 3.33. The Labute approximate surface area is 129 Å². The third-order valence-electron chi connectivity index (χ3n) is 5.30. The smallest absolute Gasteiger partial charge is 0.120 e. The van der Waals surface area contributed by atoms with Gasteiger partial charge in [0.05, 0.1) is 6.10 Å².